The zero-order valence-corrected chi connectivity index (χ0v) is 14.2. The maximum atomic E-state index is 11.8. The van der Waals surface area contributed by atoms with Crippen LogP contribution in [0.4, 0.5) is 11.4 Å². The highest BCUT2D eigenvalue weighted by Gasteiger charge is 2.19. The number of nitrogens with one attached hydrogen (secondary N) is 1. The molecule has 0 fully saturated rings. The number of benzene rings is 3. The van der Waals surface area contributed by atoms with Gasteiger partial charge in [0.25, 0.3) is 5.69 Å². The van der Waals surface area contributed by atoms with Gasteiger partial charge in [-0.2, -0.15) is 0 Å². The molecule has 0 heterocycles. The molecule has 0 bridgehead atoms. The van der Waals surface area contributed by atoms with Gasteiger partial charge in [0.15, 0.2) is 0 Å². The van der Waals surface area contributed by atoms with E-state index in [1.165, 1.54) is 13.2 Å². The number of nitro benzene ring substituents is 1. The number of nitrogens with zero attached hydrogens (tertiary/aromatic N) is 1. The number of nitro groups is 1. The SMILES string of the molecule is COC(=O)C[C@H](Nc1ccc([N+](=O)[O-])c2ccccc12)c1ccccc1. The summed E-state index contributed by atoms with van der Waals surface area (Å²) in [6, 6.07) is 19.5. The highest BCUT2D eigenvalue weighted by Crippen LogP contribution is 2.34. The van der Waals surface area contributed by atoms with E-state index in [0.717, 1.165) is 16.6 Å². The van der Waals surface area contributed by atoms with E-state index in [9.17, 15) is 14.9 Å². The van der Waals surface area contributed by atoms with E-state index in [4.69, 9.17) is 4.74 Å². The molecule has 26 heavy (non-hydrogen) atoms. The number of non-ortho nitro benzene ring substituents is 1. The molecule has 132 valence electrons. The maximum Gasteiger partial charge on any atom is 0.307 e. The first kappa shape index (κ1) is 17.4. The van der Waals surface area contributed by atoms with Gasteiger partial charge in [-0.1, -0.05) is 48.5 Å². The molecule has 3 rings (SSSR count). The van der Waals surface area contributed by atoms with Crippen molar-refractivity contribution in [1.29, 1.82) is 0 Å². The van der Waals surface area contributed by atoms with Crippen LogP contribution in [0, 0.1) is 10.1 Å². The molecular formula is C20H18N2O4. The van der Waals surface area contributed by atoms with Gasteiger partial charge in [-0.25, -0.2) is 0 Å². The molecule has 0 aliphatic rings. The molecule has 3 aromatic carbocycles. The summed E-state index contributed by atoms with van der Waals surface area (Å²) in [5.74, 6) is -0.336. The van der Waals surface area contributed by atoms with Gasteiger partial charge in [0.05, 0.1) is 29.9 Å². The third-order valence-electron chi connectivity index (χ3n) is 4.23. The summed E-state index contributed by atoms with van der Waals surface area (Å²) in [4.78, 5) is 22.7. The normalized spacial score (nSPS) is 11.7. The molecule has 3 aromatic rings. The van der Waals surface area contributed by atoms with Crippen molar-refractivity contribution >= 4 is 28.1 Å². The summed E-state index contributed by atoms with van der Waals surface area (Å²) >= 11 is 0. The number of rotatable bonds is 6. The van der Waals surface area contributed by atoms with Crippen LogP contribution in [0.3, 0.4) is 0 Å². The number of methoxy groups -OCH3 is 1. The van der Waals surface area contributed by atoms with Crippen molar-refractivity contribution in [3.05, 3.63) is 82.4 Å². The van der Waals surface area contributed by atoms with Gasteiger partial charge < -0.3 is 10.1 Å². The number of hydrogen-bond donors (Lipinski definition) is 1. The molecule has 0 saturated heterocycles. The van der Waals surface area contributed by atoms with Crippen molar-refractivity contribution in [1.82, 2.24) is 0 Å². The minimum absolute atomic E-state index is 0.0513. The quantitative estimate of drug-likeness (QED) is 0.403. The van der Waals surface area contributed by atoms with Gasteiger partial charge in [-0.3, -0.25) is 14.9 Å². The molecule has 1 N–H and O–H groups in total. The summed E-state index contributed by atoms with van der Waals surface area (Å²) in [6.45, 7) is 0. The van der Waals surface area contributed by atoms with Crippen molar-refractivity contribution in [3.63, 3.8) is 0 Å². The number of carbonyl (C=O) groups excluding carboxylic acids is 1. The Labute approximate surface area is 150 Å². The summed E-state index contributed by atoms with van der Waals surface area (Å²) in [6.07, 6.45) is 0.145. The second kappa shape index (κ2) is 7.65. The lowest BCUT2D eigenvalue weighted by atomic mass is 10.0. The van der Waals surface area contributed by atoms with Gasteiger partial charge in [0, 0.05) is 17.1 Å². The van der Waals surface area contributed by atoms with Crippen LogP contribution in [-0.2, 0) is 9.53 Å². The fraction of sp³-hybridized carbons (Fsp3) is 0.150. The number of hydrogen-bond acceptors (Lipinski definition) is 5. The lowest BCUT2D eigenvalue weighted by Crippen LogP contribution is -2.16. The molecule has 0 saturated carbocycles. The van der Waals surface area contributed by atoms with Crippen molar-refractivity contribution in [2.75, 3.05) is 12.4 Å². The van der Waals surface area contributed by atoms with E-state index in [0.29, 0.717) is 5.39 Å². The minimum Gasteiger partial charge on any atom is -0.469 e. The maximum absolute atomic E-state index is 11.8. The molecule has 6 heteroatoms. The van der Waals surface area contributed by atoms with E-state index >= 15 is 0 Å². The predicted molar refractivity (Wildman–Crippen MR) is 100 cm³/mol. The molecule has 0 spiro atoms. The molecule has 0 amide bonds. The summed E-state index contributed by atoms with van der Waals surface area (Å²) < 4.78 is 4.81. The topological polar surface area (TPSA) is 81.5 Å². The van der Waals surface area contributed by atoms with Crippen LogP contribution in [0.1, 0.15) is 18.0 Å². The van der Waals surface area contributed by atoms with Gasteiger partial charge in [-0.05, 0) is 17.7 Å². The van der Waals surface area contributed by atoms with E-state index in [2.05, 4.69) is 5.32 Å². The Morgan fingerprint density at radius 2 is 1.69 bits per heavy atom. The van der Waals surface area contributed by atoms with E-state index in [1.54, 1.807) is 18.2 Å². The third-order valence-corrected chi connectivity index (χ3v) is 4.23. The number of ether oxygens (including phenoxy) is 1. The fourth-order valence-electron chi connectivity index (χ4n) is 2.94. The number of esters is 1. The van der Waals surface area contributed by atoms with E-state index < -0.39 is 4.92 Å². The summed E-state index contributed by atoms with van der Waals surface area (Å²) in [5, 5.41) is 15.9. The Balaban J connectivity index is 2.03. The van der Waals surface area contributed by atoms with Gasteiger partial charge in [0.1, 0.15) is 0 Å². The Hall–Kier alpha value is -3.41. The predicted octanol–water partition coefficient (Wildman–Crippen LogP) is 4.46. The van der Waals surface area contributed by atoms with Crippen LogP contribution in [0.5, 0.6) is 0 Å². The van der Waals surface area contributed by atoms with E-state index in [-0.39, 0.29) is 24.1 Å². The lowest BCUT2D eigenvalue weighted by Gasteiger charge is -2.20. The number of anilines is 1. The largest absolute Gasteiger partial charge is 0.469 e. The Bertz CT molecular complexity index is 941. The third kappa shape index (κ3) is 3.64. The number of fused-ring (bicyclic) bond motifs is 1. The van der Waals surface area contributed by atoms with Crippen LogP contribution in [0.25, 0.3) is 10.8 Å². The van der Waals surface area contributed by atoms with Crippen LogP contribution in [0.15, 0.2) is 66.7 Å². The van der Waals surface area contributed by atoms with Crippen LogP contribution in [-0.4, -0.2) is 18.0 Å². The Morgan fingerprint density at radius 3 is 2.35 bits per heavy atom. The zero-order chi connectivity index (χ0) is 18.5. The highest BCUT2D eigenvalue weighted by atomic mass is 16.6. The Morgan fingerprint density at radius 1 is 1.04 bits per heavy atom. The smallest absolute Gasteiger partial charge is 0.307 e. The average molecular weight is 350 g/mol. The van der Waals surface area contributed by atoms with Crippen molar-refractivity contribution in [3.8, 4) is 0 Å². The minimum atomic E-state index is -0.394. The van der Waals surface area contributed by atoms with Gasteiger partial charge in [0.2, 0.25) is 0 Å². The lowest BCUT2D eigenvalue weighted by molar-refractivity contribution is -0.383. The monoisotopic (exact) mass is 350 g/mol. The molecule has 0 aromatic heterocycles. The second-order valence-corrected chi connectivity index (χ2v) is 5.82. The van der Waals surface area contributed by atoms with Crippen molar-refractivity contribution in [2.24, 2.45) is 0 Å². The van der Waals surface area contributed by atoms with Gasteiger partial charge in [-0.15, -0.1) is 0 Å². The first-order chi connectivity index (χ1) is 12.6. The summed E-state index contributed by atoms with van der Waals surface area (Å²) in [5.41, 5.74) is 1.71. The van der Waals surface area contributed by atoms with Crippen LogP contribution >= 0.6 is 0 Å². The molecule has 0 aliphatic heterocycles. The van der Waals surface area contributed by atoms with Crippen LogP contribution in [0.2, 0.25) is 0 Å². The van der Waals surface area contributed by atoms with Crippen molar-refractivity contribution in [2.45, 2.75) is 12.5 Å². The fourth-order valence-corrected chi connectivity index (χ4v) is 2.94. The first-order valence-corrected chi connectivity index (χ1v) is 8.14. The number of carbonyl (C=O) groups is 1. The molecular weight excluding hydrogens is 332 g/mol. The van der Waals surface area contributed by atoms with Crippen LogP contribution < -0.4 is 5.32 Å². The molecule has 0 unspecified atom stereocenters. The molecule has 0 aliphatic carbocycles. The molecule has 1 atom stereocenters. The Kier molecular flexibility index (Phi) is 5.12. The zero-order valence-electron chi connectivity index (χ0n) is 14.2. The van der Waals surface area contributed by atoms with Gasteiger partial charge >= 0.3 is 5.97 Å². The highest BCUT2D eigenvalue weighted by molar-refractivity contribution is 5.99. The standard InChI is InChI=1S/C20H18N2O4/c1-26-20(23)13-18(14-7-3-2-4-8-14)21-17-11-12-19(22(24)25)16-10-6-5-9-15(16)17/h2-12,18,21H,13H2,1H3/t18-/m0/s1. The van der Waals surface area contributed by atoms with Crippen molar-refractivity contribution < 1.29 is 14.5 Å². The van der Waals surface area contributed by atoms with E-state index in [1.807, 2.05) is 42.5 Å². The first-order valence-electron chi connectivity index (χ1n) is 8.14. The summed E-state index contributed by atoms with van der Waals surface area (Å²) in [7, 11) is 1.35. The molecule has 6 nitrogen and oxygen atoms in total. The molecule has 0 radical (unpaired) electrons. The second-order valence-electron chi connectivity index (χ2n) is 5.82. The average Bonchev–Trinajstić information content (AvgIpc) is 2.67.